The molecule has 1 aliphatic carbocycles. The van der Waals surface area contributed by atoms with Crippen LogP contribution >= 0.6 is 0 Å². The Hall–Kier alpha value is -6.25. The number of hydrogen-bond donors (Lipinski definition) is 3. The number of anilines is 4. The Morgan fingerprint density at radius 2 is 1.75 bits per heavy atom. The number of carbonyl (C=O) groups is 1. The van der Waals surface area contributed by atoms with Gasteiger partial charge in [0.1, 0.15) is 30.1 Å². The van der Waals surface area contributed by atoms with Gasteiger partial charge in [0.15, 0.2) is 11.4 Å². The van der Waals surface area contributed by atoms with Crippen molar-refractivity contribution in [3.05, 3.63) is 106 Å². The fourth-order valence-electron chi connectivity index (χ4n) is 12.3. The van der Waals surface area contributed by atoms with Crippen LogP contribution in [0.4, 0.5) is 28.4 Å². The second-order valence-corrected chi connectivity index (χ2v) is 21.9. The molecule has 372 valence electrons. The maximum absolute atomic E-state index is 14.8. The summed E-state index contributed by atoms with van der Waals surface area (Å²) in [5.41, 5.74) is 6.29. The minimum Gasteiger partial charge on any atom is -0.489 e. The quantitative estimate of drug-likeness (QED) is 0.0917. The number of nitro benzene ring substituents is 1. The molecule has 1 amide bonds. The number of nitrogens with zero attached hydrogens (tertiary/aromatic N) is 5. The van der Waals surface area contributed by atoms with Gasteiger partial charge >= 0.3 is 0 Å². The maximum atomic E-state index is 14.8. The minimum atomic E-state index is -4.71. The highest BCUT2D eigenvalue weighted by Gasteiger charge is 2.50. The molecule has 18 nitrogen and oxygen atoms in total. The lowest BCUT2D eigenvalue weighted by molar-refractivity contribution is -0.384. The van der Waals surface area contributed by atoms with Crippen molar-refractivity contribution in [3.63, 3.8) is 0 Å². The van der Waals surface area contributed by atoms with E-state index in [0.29, 0.717) is 67.8 Å². The largest absolute Gasteiger partial charge is 0.489 e. The Balaban J connectivity index is 0.839. The normalized spacial score (nSPS) is 25.2. The molecule has 71 heavy (non-hydrogen) atoms. The van der Waals surface area contributed by atoms with E-state index < -0.39 is 49.7 Å². The first-order chi connectivity index (χ1) is 34.4. The lowest BCUT2D eigenvalue weighted by Crippen LogP contribution is -2.55. The molecule has 1 spiro atoms. The number of H-pyrrole nitrogens is 1. The molecule has 4 saturated heterocycles. The summed E-state index contributed by atoms with van der Waals surface area (Å²) in [5.74, 6) is -0.579. The van der Waals surface area contributed by atoms with Crippen molar-refractivity contribution < 1.29 is 41.8 Å². The van der Waals surface area contributed by atoms with Crippen LogP contribution in [-0.2, 0) is 24.2 Å². The van der Waals surface area contributed by atoms with Crippen LogP contribution in [0.25, 0.3) is 16.6 Å². The molecule has 6 aliphatic heterocycles. The number of carbonyl (C=O) groups excluding carboxylic acids is 1. The molecule has 0 unspecified atom stereocenters. The van der Waals surface area contributed by atoms with Gasteiger partial charge in [0.25, 0.3) is 21.6 Å². The monoisotopic (exact) mass is 986 g/mol. The van der Waals surface area contributed by atoms with Crippen LogP contribution in [0.3, 0.4) is 0 Å². The molecule has 5 fully saturated rings. The second-order valence-electron chi connectivity index (χ2n) is 20.3. The van der Waals surface area contributed by atoms with Gasteiger partial charge in [-0.2, -0.15) is 4.98 Å². The molecule has 7 aliphatic rings. The average Bonchev–Trinajstić information content (AvgIpc) is 4.06. The first-order valence-corrected chi connectivity index (χ1v) is 26.3. The van der Waals surface area contributed by atoms with Gasteiger partial charge in [0, 0.05) is 61.2 Å². The summed E-state index contributed by atoms with van der Waals surface area (Å²) in [5, 5.41) is 16.4. The number of piperidine rings is 1. The summed E-state index contributed by atoms with van der Waals surface area (Å²) in [6.45, 7) is 11.0. The Morgan fingerprint density at radius 3 is 2.55 bits per heavy atom. The zero-order valence-electron chi connectivity index (χ0n) is 39.6. The lowest BCUT2D eigenvalue weighted by Gasteiger charge is -2.56. The van der Waals surface area contributed by atoms with Crippen LogP contribution in [0, 0.1) is 15.5 Å². The molecule has 5 atom stereocenters. The number of amides is 1. The minimum absolute atomic E-state index is 0.0205. The molecular formula is C52H58N8O10S. The molecule has 2 aromatic heterocycles. The Labute approximate surface area is 411 Å². The summed E-state index contributed by atoms with van der Waals surface area (Å²) in [4.78, 5) is 41.3. The number of ether oxygens (including phenoxy) is 5. The number of rotatable bonds is 10. The van der Waals surface area contributed by atoms with Crippen molar-refractivity contribution in [2.75, 3.05) is 74.4 Å². The molecule has 3 aromatic carbocycles. The fraction of sp³-hybridized carbons (Fsp3) is 0.462. The Morgan fingerprint density at radius 1 is 0.930 bits per heavy atom. The number of nitro groups is 1. The summed E-state index contributed by atoms with van der Waals surface area (Å²) in [7, 11) is -4.71. The highest BCUT2D eigenvalue weighted by molar-refractivity contribution is 7.90. The van der Waals surface area contributed by atoms with Crippen LogP contribution in [-0.4, -0.2) is 124 Å². The second kappa shape index (κ2) is 18.1. The van der Waals surface area contributed by atoms with E-state index in [1.165, 1.54) is 36.5 Å². The molecule has 1 saturated carbocycles. The first kappa shape index (κ1) is 45.9. The number of aromatic nitrogens is 2. The van der Waals surface area contributed by atoms with Crippen molar-refractivity contribution in [1.82, 2.24) is 19.6 Å². The van der Waals surface area contributed by atoms with Gasteiger partial charge < -0.3 is 43.8 Å². The highest BCUT2D eigenvalue weighted by atomic mass is 32.2. The summed E-state index contributed by atoms with van der Waals surface area (Å²) in [6, 6.07) is 20.5. The topological polar surface area (TPSA) is 203 Å². The smallest absolute Gasteiger partial charge is 0.297 e. The van der Waals surface area contributed by atoms with Crippen LogP contribution in [0.1, 0.15) is 79.4 Å². The molecule has 8 heterocycles. The Bertz CT molecular complexity index is 3030. The van der Waals surface area contributed by atoms with Gasteiger partial charge in [0.2, 0.25) is 5.88 Å². The van der Waals surface area contributed by atoms with E-state index in [0.717, 1.165) is 61.6 Å². The van der Waals surface area contributed by atoms with E-state index in [1.54, 1.807) is 12.3 Å². The van der Waals surface area contributed by atoms with Crippen LogP contribution in [0.5, 0.6) is 11.6 Å². The van der Waals surface area contributed by atoms with Crippen molar-refractivity contribution >= 4 is 61.0 Å². The fourth-order valence-corrected chi connectivity index (χ4v) is 13.3. The van der Waals surface area contributed by atoms with E-state index in [2.05, 4.69) is 67.5 Å². The first-order valence-electron chi connectivity index (χ1n) is 24.8. The maximum Gasteiger partial charge on any atom is 0.297 e. The number of pyridine rings is 1. The average molecular weight is 987 g/mol. The van der Waals surface area contributed by atoms with Gasteiger partial charge in [-0.25, -0.2) is 13.1 Å². The molecule has 0 radical (unpaired) electrons. The van der Waals surface area contributed by atoms with Gasteiger partial charge in [-0.1, -0.05) is 36.4 Å². The molecule has 0 bridgehead atoms. The SMILES string of the molecule is C=C(C)c1ccccc1[C@@H]1CCCN1C1CC2(CCN(c3ccc(C(=O)NS(=O)(=O)c4cc5c(c([N+](=O)[O-])c4)N[C@@H]([C@H]4COCCO4)CO5)c(N4c5cc6cc[nH]c6nc5O[C@@H]5COCC[C@H]54)c3)CC2)C1. The zero-order chi connectivity index (χ0) is 48.6. The number of allylic oxidation sites excluding steroid dienone is 1. The molecule has 19 heteroatoms. The number of aromatic amines is 1. The highest BCUT2D eigenvalue weighted by Crippen LogP contribution is 2.55. The summed E-state index contributed by atoms with van der Waals surface area (Å²) < 4.78 is 60.6. The van der Waals surface area contributed by atoms with Gasteiger partial charge in [-0.15, -0.1) is 0 Å². The van der Waals surface area contributed by atoms with E-state index in [4.69, 9.17) is 28.7 Å². The third kappa shape index (κ3) is 8.34. The van der Waals surface area contributed by atoms with Crippen molar-refractivity contribution in [2.24, 2.45) is 5.41 Å². The van der Waals surface area contributed by atoms with Crippen LogP contribution in [0.15, 0.2) is 84.4 Å². The number of nitrogens with one attached hydrogen (secondary N) is 3. The van der Waals surface area contributed by atoms with Crippen LogP contribution in [0.2, 0.25) is 0 Å². The predicted molar refractivity (Wildman–Crippen MR) is 266 cm³/mol. The van der Waals surface area contributed by atoms with E-state index in [1.807, 2.05) is 24.3 Å². The van der Waals surface area contributed by atoms with Crippen molar-refractivity contribution in [3.8, 4) is 11.6 Å². The summed E-state index contributed by atoms with van der Waals surface area (Å²) >= 11 is 0. The van der Waals surface area contributed by atoms with Gasteiger partial charge in [-0.05, 0) is 105 Å². The van der Waals surface area contributed by atoms with E-state index >= 15 is 0 Å². The molecule has 12 rings (SSSR count). The number of likely N-dealkylation sites (tertiary alicyclic amines) is 1. The number of fused-ring (bicyclic) bond motifs is 4. The Kier molecular flexibility index (Phi) is 11.7. The van der Waals surface area contributed by atoms with E-state index in [-0.39, 0.29) is 41.7 Å². The van der Waals surface area contributed by atoms with Gasteiger partial charge in [0.05, 0.1) is 59.6 Å². The molecule has 3 N–H and O–H groups in total. The number of hydrogen-bond acceptors (Lipinski definition) is 15. The summed E-state index contributed by atoms with van der Waals surface area (Å²) in [6.07, 6.45) is 8.27. The third-order valence-corrected chi connectivity index (χ3v) is 17.3. The molecule has 5 aromatic rings. The predicted octanol–water partition coefficient (Wildman–Crippen LogP) is 7.49. The zero-order valence-corrected chi connectivity index (χ0v) is 40.5. The number of benzene rings is 3. The number of sulfonamides is 1. The lowest BCUT2D eigenvalue weighted by atomic mass is 9.59. The standard InChI is InChI=1S/C52H58N8O10S/c1-31(2)36-6-3-4-7-37(36)40-8-5-16-58(40)34-26-52(27-34)13-17-57(18-14-52)33-9-10-38(42(23-33)59-41-12-19-66-30-47(41)70-51-44(59)22-32-11-15-53-49(32)55-51)50(61)56-71(64,65)35-24-43(60(62)63)48-45(25-35)69-28-39(54-48)46-29-67-20-21-68-46/h3-4,6-7,9-11,15,22-25,34,39-41,46-47,54H,1,5,8,12-14,16-21,26-30H2,2H3,(H,53,55)(H,56,61)/t39-,40+,41-,46-,47-/m1/s1. The van der Waals surface area contributed by atoms with Crippen LogP contribution < -0.4 is 29.3 Å². The third-order valence-electron chi connectivity index (χ3n) is 16.0. The molecular weight excluding hydrogens is 929 g/mol. The van der Waals surface area contributed by atoms with Crippen molar-refractivity contribution in [1.29, 1.82) is 0 Å². The van der Waals surface area contributed by atoms with Crippen molar-refractivity contribution in [2.45, 2.75) is 93.1 Å². The van der Waals surface area contributed by atoms with E-state index in [9.17, 15) is 23.3 Å². The van der Waals surface area contributed by atoms with Gasteiger partial charge in [-0.3, -0.25) is 19.8 Å².